The van der Waals surface area contributed by atoms with Crippen LogP contribution in [-0.2, 0) is 18.9 Å². The molecule has 1 aliphatic carbocycles. The first-order chi connectivity index (χ1) is 20.2. The van der Waals surface area contributed by atoms with Crippen LogP contribution in [0.2, 0.25) is 0 Å². The van der Waals surface area contributed by atoms with E-state index in [1.54, 1.807) is 0 Å². The SMILES string of the molecule is [N-]=[N+]=NC[C@H]1O[C@H](O[C@H]2[C@H](O)[C@@H](O[C@H]3O[C@H](CO)[C@@H](O)[C@H](N=[N+]=[N-])[C@H]3O)[C@H](N=[N+]=[N-])C[C@@H]2N=[N+]=[N-])[C@H](N=[N+]=[N-])C[C@@H]1O. The molecule has 0 aromatic heterocycles. The summed E-state index contributed by atoms with van der Waals surface area (Å²) in [6.07, 6.45) is -15.7. The Bertz CT molecular complexity index is 1180. The Morgan fingerprint density at radius 3 is 1.74 bits per heavy atom. The highest BCUT2D eigenvalue weighted by Gasteiger charge is 2.52. The van der Waals surface area contributed by atoms with Crippen molar-refractivity contribution >= 4 is 0 Å². The normalized spacial score (nSPS) is 41.5. The largest absolute Gasteiger partial charge is 0.394 e. The van der Waals surface area contributed by atoms with Gasteiger partial charge >= 0.3 is 0 Å². The number of azide groups is 5. The zero-order valence-electron chi connectivity index (χ0n) is 21.5. The molecule has 0 aromatic rings. The van der Waals surface area contributed by atoms with E-state index in [1.807, 2.05) is 0 Å². The molecule has 2 saturated heterocycles. The maximum Gasteiger partial charge on any atom is 0.184 e. The van der Waals surface area contributed by atoms with Gasteiger partial charge in [0.1, 0.15) is 18.3 Å². The Balaban J connectivity index is 1.94. The van der Waals surface area contributed by atoms with Gasteiger partial charge < -0.3 is 44.5 Å². The zero-order valence-corrected chi connectivity index (χ0v) is 21.5. The predicted molar refractivity (Wildman–Crippen MR) is 133 cm³/mol. The topological polar surface area (TPSA) is 382 Å². The summed E-state index contributed by atoms with van der Waals surface area (Å²) in [7, 11) is 0. The van der Waals surface area contributed by atoms with Crippen LogP contribution in [0.4, 0.5) is 0 Å². The molecule has 3 fully saturated rings. The molecular weight excluding hydrogens is 570 g/mol. The summed E-state index contributed by atoms with van der Waals surface area (Å²) in [5, 5.41) is 69.7. The van der Waals surface area contributed by atoms with E-state index in [2.05, 4.69) is 50.1 Å². The molecule has 14 atom stereocenters. The van der Waals surface area contributed by atoms with Gasteiger partial charge in [0.25, 0.3) is 0 Å². The third-order valence-corrected chi connectivity index (χ3v) is 6.99. The molecular formula is C18H27N15O9. The predicted octanol–water partition coefficient (Wildman–Crippen LogP) is 0.462. The molecule has 3 rings (SSSR count). The van der Waals surface area contributed by atoms with Crippen LogP contribution in [0.3, 0.4) is 0 Å². The lowest BCUT2D eigenvalue weighted by Gasteiger charge is -2.47. The Kier molecular flexibility index (Phi) is 12.0. The summed E-state index contributed by atoms with van der Waals surface area (Å²) in [5.41, 5.74) is 44.8. The number of hydrogen-bond donors (Lipinski definition) is 5. The first kappa shape index (κ1) is 32.7. The molecule has 0 radical (unpaired) electrons. The third-order valence-electron chi connectivity index (χ3n) is 6.99. The second-order valence-electron chi connectivity index (χ2n) is 9.41. The van der Waals surface area contributed by atoms with Crippen molar-refractivity contribution in [1.82, 2.24) is 0 Å². The van der Waals surface area contributed by atoms with Gasteiger partial charge in [0, 0.05) is 24.6 Å². The number of ether oxygens (including phenoxy) is 4. The summed E-state index contributed by atoms with van der Waals surface area (Å²) in [4.78, 5) is 13.3. The van der Waals surface area contributed by atoms with Gasteiger partial charge in [-0.3, -0.25) is 0 Å². The van der Waals surface area contributed by atoms with Crippen molar-refractivity contribution in [3.8, 4) is 0 Å². The van der Waals surface area contributed by atoms with Gasteiger partial charge in [-0.1, -0.05) is 25.6 Å². The Labute approximate surface area is 234 Å². The van der Waals surface area contributed by atoms with Crippen LogP contribution in [0.25, 0.3) is 52.2 Å². The smallest absolute Gasteiger partial charge is 0.184 e. The number of hydrogen-bond acceptors (Lipinski definition) is 14. The summed E-state index contributed by atoms with van der Waals surface area (Å²) in [6.45, 7) is -1.09. The molecule has 0 spiro atoms. The van der Waals surface area contributed by atoms with Crippen LogP contribution in [0.5, 0.6) is 0 Å². The molecule has 0 unspecified atom stereocenters. The van der Waals surface area contributed by atoms with Crippen molar-refractivity contribution in [2.24, 2.45) is 25.6 Å². The van der Waals surface area contributed by atoms with Crippen molar-refractivity contribution in [3.63, 3.8) is 0 Å². The van der Waals surface area contributed by atoms with Gasteiger partial charge in [0.15, 0.2) is 12.6 Å². The summed E-state index contributed by atoms with van der Waals surface area (Å²) in [5.74, 6) is 0. The van der Waals surface area contributed by atoms with Crippen LogP contribution in [0.15, 0.2) is 25.6 Å². The van der Waals surface area contributed by atoms with Gasteiger partial charge in [-0.15, -0.1) is 0 Å². The van der Waals surface area contributed by atoms with Crippen LogP contribution in [0, 0.1) is 0 Å². The number of rotatable bonds is 11. The highest BCUT2D eigenvalue weighted by Crippen LogP contribution is 2.36. The van der Waals surface area contributed by atoms with Crippen LogP contribution in [0.1, 0.15) is 12.8 Å². The molecule has 42 heavy (non-hydrogen) atoms. The van der Waals surface area contributed by atoms with Crippen molar-refractivity contribution < 1.29 is 44.5 Å². The molecule has 1 saturated carbocycles. The molecule has 0 aromatic carbocycles. The Hall–Kier alpha value is -3.81. The van der Waals surface area contributed by atoms with Gasteiger partial charge in [-0.05, 0) is 40.5 Å². The van der Waals surface area contributed by atoms with Crippen molar-refractivity contribution in [2.45, 2.75) is 98.4 Å². The number of aliphatic hydroxyl groups is 5. The maximum atomic E-state index is 11.4. The van der Waals surface area contributed by atoms with Crippen molar-refractivity contribution in [1.29, 1.82) is 0 Å². The van der Waals surface area contributed by atoms with E-state index in [0.29, 0.717) is 0 Å². The quantitative estimate of drug-likeness (QED) is 0.125. The number of nitrogens with zero attached hydrogens (tertiary/aromatic N) is 15. The van der Waals surface area contributed by atoms with Crippen LogP contribution in [-0.4, -0.2) is 124 Å². The minimum Gasteiger partial charge on any atom is -0.394 e. The molecule has 3 aliphatic rings. The fraction of sp³-hybridized carbons (Fsp3) is 1.00. The van der Waals surface area contributed by atoms with E-state index in [4.69, 9.17) is 46.6 Å². The second kappa shape index (κ2) is 15.4. The lowest BCUT2D eigenvalue weighted by Crippen LogP contribution is -2.63. The summed E-state index contributed by atoms with van der Waals surface area (Å²) in [6, 6.07) is -5.17. The van der Waals surface area contributed by atoms with E-state index in [-0.39, 0.29) is 19.4 Å². The minimum atomic E-state index is -1.82. The third kappa shape index (κ3) is 7.33. The molecule has 0 bridgehead atoms. The average Bonchev–Trinajstić information content (AvgIpc) is 2.97. The maximum absolute atomic E-state index is 11.4. The van der Waals surface area contributed by atoms with E-state index in [1.165, 1.54) is 0 Å². The average molecular weight is 598 g/mol. The highest BCUT2D eigenvalue weighted by atomic mass is 16.7. The van der Waals surface area contributed by atoms with Crippen LogP contribution < -0.4 is 0 Å². The number of aliphatic hydroxyl groups excluding tert-OH is 5. The first-order valence-corrected chi connectivity index (χ1v) is 12.4. The van der Waals surface area contributed by atoms with E-state index in [0.717, 1.165) is 0 Å². The van der Waals surface area contributed by atoms with Gasteiger partial charge in [-0.25, -0.2) is 0 Å². The van der Waals surface area contributed by atoms with E-state index < -0.39 is 92.2 Å². The first-order valence-electron chi connectivity index (χ1n) is 12.4. The van der Waals surface area contributed by atoms with Gasteiger partial charge in [0.05, 0.1) is 67.8 Å². The minimum absolute atomic E-state index is 0.190. The van der Waals surface area contributed by atoms with Gasteiger partial charge in [-0.2, -0.15) is 0 Å². The molecule has 2 heterocycles. The van der Waals surface area contributed by atoms with Crippen LogP contribution >= 0.6 is 0 Å². The van der Waals surface area contributed by atoms with Crippen molar-refractivity contribution in [2.75, 3.05) is 13.2 Å². The fourth-order valence-corrected chi connectivity index (χ4v) is 4.98. The fourth-order valence-electron chi connectivity index (χ4n) is 4.98. The standard InChI is InChI=1S/C18H27N15O9/c19-29-24-3-9-8(35)2-7(27-32-22)17(39-9)41-15-5(25-30-20)1-6(26-31-21)16(14(15)38)42-18-13(37)11(28-33-23)12(36)10(4-34)40-18/h5-18,34-38H,1-4H2/t5-,6+,7+,8-,9+,10+,11-,12+,13+,14-,15+,16-,17+,18+/m0/s1. The molecule has 228 valence electrons. The van der Waals surface area contributed by atoms with E-state index >= 15 is 0 Å². The molecule has 0 amide bonds. The second-order valence-corrected chi connectivity index (χ2v) is 9.41. The summed E-state index contributed by atoms with van der Waals surface area (Å²) >= 11 is 0. The lowest BCUT2D eigenvalue weighted by atomic mass is 9.84. The Morgan fingerprint density at radius 1 is 0.643 bits per heavy atom. The molecule has 24 nitrogen and oxygen atoms in total. The monoisotopic (exact) mass is 597 g/mol. The lowest BCUT2D eigenvalue weighted by molar-refractivity contribution is -0.314. The van der Waals surface area contributed by atoms with Gasteiger partial charge in [0.2, 0.25) is 0 Å². The van der Waals surface area contributed by atoms with Crippen molar-refractivity contribution in [3.05, 3.63) is 52.2 Å². The molecule has 5 N–H and O–H groups in total. The zero-order chi connectivity index (χ0) is 30.8. The molecule has 24 heteroatoms. The molecule has 2 aliphatic heterocycles. The Morgan fingerprint density at radius 2 is 1.19 bits per heavy atom. The van der Waals surface area contributed by atoms with E-state index in [9.17, 15) is 25.5 Å². The summed E-state index contributed by atoms with van der Waals surface area (Å²) < 4.78 is 22.8. The highest BCUT2D eigenvalue weighted by molar-refractivity contribution is 5.04.